The van der Waals surface area contributed by atoms with Crippen molar-refractivity contribution in [2.75, 3.05) is 11.9 Å². The van der Waals surface area contributed by atoms with Crippen molar-refractivity contribution < 1.29 is 19.4 Å². The summed E-state index contributed by atoms with van der Waals surface area (Å²) in [5, 5.41) is 12.3. The van der Waals surface area contributed by atoms with E-state index in [-0.39, 0.29) is 18.1 Å². The van der Waals surface area contributed by atoms with Gasteiger partial charge in [-0.05, 0) is 52.6 Å². The maximum atomic E-state index is 12.6. The van der Waals surface area contributed by atoms with E-state index in [0.717, 1.165) is 27.1 Å². The molecule has 0 spiro atoms. The number of ether oxygens (including phenoxy) is 1. The van der Waals surface area contributed by atoms with E-state index in [1.807, 2.05) is 54.6 Å². The Morgan fingerprint density at radius 1 is 0.824 bits per heavy atom. The first-order valence-corrected chi connectivity index (χ1v) is 11.6. The van der Waals surface area contributed by atoms with Crippen molar-refractivity contribution in [2.45, 2.75) is 15.7 Å². The summed E-state index contributed by atoms with van der Waals surface area (Å²) in [5.41, 5.74) is 5.06. The molecule has 0 bridgehead atoms. The van der Waals surface area contributed by atoms with Crippen molar-refractivity contribution in [1.29, 1.82) is 0 Å². The average molecular weight is 468 g/mol. The summed E-state index contributed by atoms with van der Waals surface area (Å²) < 4.78 is 5.57. The highest BCUT2D eigenvalue weighted by Gasteiger charge is 2.29. The molecule has 1 amide bonds. The van der Waals surface area contributed by atoms with Crippen molar-refractivity contribution in [3.05, 3.63) is 114 Å². The summed E-state index contributed by atoms with van der Waals surface area (Å²) in [6.45, 7) is 0.188. The van der Waals surface area contributed by atoms with Gasteiger partial charge in [0.25, 0.3) is 0 Å². The van der Waals surface area contributed by atoms with Crippen LogP contribution >= 0.6 is 11.8 Å². The molecule has 4 aromatic carbocycles. The number of carbonyl (C=O) groups excluding carboxylic acids is 1. The molecule has 168 valence electrons. The number of rotatable bonds is 6. The molecule has 0 unspecified atom stereocenters. The van der Waals surface area contributed by atoms with Gasteiger partial charge in [0, 0.05) is 21.4 Å². The number of hydrogen-bond acceptors (Lipinski definition) is 4. The number of nitrogens with one attached hydrogen (secondary N) is 1. The van der Waals surface area contributed by atoms with Gasteiger partial charge in [-0.15, -0.1) is 0 Å². The summed E-state index contributed by atoms with van der Waals surface area (Å²) in [5.74, 6) is -1.10. The molecule has 0 saturated heterocycles. The molecule has 0 saturated carbocycles. The zero-order valence-electron chi connectivity index (χ0n) is 18.1. The SMILES string of the molecule is O=C(Nc1ccc(Sc2ccccc2)c(C(=O)O)c1)OCC1c2ccccc2-c2ccccc21. The van der Waals surface area contributed by atoms with Gasteiger partial charge in [-0.3, -0.25) is 5.32 Å². The Balaban J connectivity index is 1.29. The number of aromatic carboxylic acids is 1. The van der Waals surface area contributed by atoms with Gasteiger partial charge >= 0.3 is 12.1 Å². The van der Waals surface area contributed by atoms with E-state index in [0.29, 0.717) is 10.6 Å². The fourth-order valence-electron chi connectivity index (χ4n) is 4.23. The van der Waals surface area contributed by atoms with Crippen molar-refractivity contribution in [3.63, 3.8) is 0 Å². The minimum atomic E-state index is -1.06. The second-order valence-electron chi connectivity index (χ2n) is 7.88. The molecule has 0 aliphatic heterocycles. The van der Waals surface area contributed by atoms with Gasteiger partial charge in [0.2, 0.25) is 0 Å². The zero-order valence-corrected chi connectivity index (χ0v) is 18.9. The predicted octanol–water partition coefficient (Wildman–Crippen LogP) is 6.90. The van der Waals surface area contributed by atoms with Crippen LogP contribution in [0.3, 0.4) is 0 Å². The van der Waals surface area contributed by atoms with Crippen molar-refractivity contribution in [1.82, 2.24) is 0 Å². The third-order valence-electron chi connectivity index (χ3n) is 5.77. The van der Waals surface area contributed by atoms with Gasteiger partial charge in [-0.25, -0.2) is 9.59 Å². The zero-order chi connectivity index (χ0) is 23.5. The Kier molecular flexibility index (Phi) is 6.06. The van der Waals surface area contributed by atoms with Crippen LogP contribution in [0.15, 0.2) is 107 Å². The second kappa shape index (κ2) is 9.45. The van der Waals surface area contributed by atoms with E-state index in [1.165, 1.54) is 17.8 Å². The quantitative estimate of drug-likeness (QED) is 0.323. The van der Waals surface area contributed by atoms with E-state index in [4.69, 9.17) is 4.74 Å². The van der Waals surface area contributed by atoms with E-state index in [1.54, 1.807) is 12.1 Å². The highest BCUT2D eigenvalue weighted by Crippen LogP contribution is 2.44. The summed E-state index contributed by atoms with van der Waals surface area (Å²) in [6, 6.07) is 30.6. The summed E-state index contributed by atoms with van der Waals surface area (Å²) in [6.07, 6.45) is -0.623. The fourth-order valence-corrected chi connectivity index (χ4v) is 5.17. The Morgan fingerprint density at radius 2 is 1.44 bits per heavy atom. The lowest BCUT2D eigenvalue weighted by Gasteiger charge is -2.15. The predicted molar refractivity (Wildman–Crippen MR) is 133 cm³/mol. The minimum Gasteiger partial charge on any atom is -0.478 e. The molecule has 5 rings (SSSR count). The number of fused-ring (bicyclic) bond motifs is 3. The first-order valence-electron chi connectivity index (χ1n) is 10.8. The number of benzene rings is 4. The number of hydrogen-bond donors (Lipinski definition) is 2. The molecule has 0 radical (unpaired) electrons. The lowest BCUT2D eigenvalue weighted by molar-refractivity contribution is 0.0693. The van der Waals surface area contributed by atoms with Crippen molar-refractivity contribution in [3.8, 4) is 11.1 Å². The Bertz CT molecular complexity index is 1320. The standard InChI is InChI=1S/C28H21NO4S/c30-27(31)24-16-18(14-15-26(24)34-19-8-2-1-3-9-19)29-28(32)33-17-25-22-12-6-4-10-20(22)21-11-5-7-13-23(21)25/h1-16,25H,17H2,(H,29,32)(H,30,31). The Morgan fingerprint density at radius 3 is 2.09 bits per heavy atom. The second-order valence-corrected chi connectivity index (χ2v) is 9.00. The maximum Gasteiger partial charge on any atom is 0.411 e. The molecular weight excluding hydrogens is 446 g/mol. The summed E-state index contributed by atoms with van der Waals surface area (Å²) in [7, 11) is 0. The molecule has 4 aromatic rings. The van der Waals surface area contributed by atoms with Crippen LogP contribution in [0.5, 0.6) is 0 Å². The van der Waals surface area contributed by atoms with E-state index in [9.17, 15) is 14.7 Å². The molecule has 1 aliphatic carbocycles. The molecule has 0 atom stereocenters. The number of amides is 1. The van der Waals surface area contributed by atoms with Gasteiger partial charge in [0.15, 0.2) is 0 Å². The third-order valence-corrected chi connectivity index (χ3v) is 6.85. The van der Waals surface area contributed by atoms with Crippen LogP contribution in [0.1, 0.15) is 27.4 Å². The van der Waals surface area contributed by atoms with Gasteiger partial charge in [0.1, 0.15) is 6.61 Å². The molecule has 5 nitrogen and oxygen atoms in total. The molecule has 2 N–H and O–H groups in total. The van der Waals surface area contributed by atoms with Crippen LogP contribution in [-0.4, -0.2) is 23.8 Å². The topological polar surface area (TPSA) is 75.6 Å². The van der Waals surface area contributed by atoms with Crippen LogP contribution in [0, 0.1) is 0 Å². The van der Waals surface area contributed by atoms with Crippen LogP contribution in [0.4, 0.5) is 10.5 Å². The normalized spacial score (nSPS) is 12.0. The van der Waals surface area contributed by atoms with Gasteiger partial charge < -0.3 is 9.84 Å². The minimum absolute atomic E-state index is 0.0441. The van der Waals surface area contributed by atoms with Gasteiger partial charge in [-0.2, -0.15) is 0 Å². The Hall–Kier alpha value is -4.03. The number of carboxylic acids is 1. The Labute approximate surface area is 201 Å². The van der Waals surface area contributed by atoms with Crippen LogP contribution < -0.4 is 5.32 Å². The largest absolute Gasteiger partial charge is 0.478 e. The monoisotopic (exact) mass is 467 g/mol. The van der Waals surface area contributed by atoms with E-state index >= 15 is 0 Å². The fraction of sp³-hybridized carbons (Fsp3) is 0.0714. The molecule has 0 heterocycles. The molecule has 6 heteroatoms. The van der Waals surface area contributed by atoms with Crippen LogP contribution in [0.25, 0.3) is 11.1 Å². The molecule has 34 heavy (non-hydrogen) atoms. The van der Waals surface area contributed by atoms with Crippen molar-refractivity contribution in [2.24, 2.45) is 0 Å². The maximum absolute atomic E-state index is 12.6. The lowest BCUT2D eigenvalue weighted by Crippen LogP contribution is -2.18. The van der Waals surface area contributed by atoms with Crippen LogP contribution in [-0.2, 0) is 4.74 Å². The highest BCUT2D eigenvalue weighted by molar-refractivity contribution is 7.99. The number of carbonyl (C=O) groups is 2. The third kappa shape index (κ3) is 4.40. The van der Waals surface area contributed by atoms with E-state index < -0.39 is 12.1 Å². The first-order chi connectivity index (χ1) is 16.6. The lowest BCUT2D eigenvalue weighted by atomic mass is 9.98. The summed E-state index contributed by atoms with van der Waals surface area (Å²) in [4.78, 5) is 25.9. The van der Waals surface area contributed by atoms with Crippen molar-refractivity contribution >= 4 is 29.5 Å². The molecule has 0 aromatic heterocycles. The van der Waals surface area contributed by atoms with E-state index in [2.05, 4.69) is 29.6 Å². The summed E-state index contributed by atoms with van der Waals surface area (Å²) >= 11 is 1.36. The molecule has 1 aliphatic rings. The van der Waals surface area contributed by atoms with Crippen LogP contribution in [0.2, 0.25) is 0 Å². The average Bonchev–Trinajstić information content (AvgIpc) is 3.18. The van der Waals surface area contributed by atoms with Gasteiger partial charge in [0.05, 0.1) is 5.56 Å². The highest BCUT2D eigenvalue weighted by atomic mass is 32.2. The number of anilines is 1. The molecular formula is C28H21NO4S. The molecule has 0 fully saturated rings. The smallest absolute Gasteiger partial charge is 0.411 e. The first kappa shape index (κ1) is 21.8. The number of carboxylic acid groups (broad SMARTS) is 1. The van der Waals surface area contributed by atoms with Gasteiger partial charge in [-0.1, -0.05) is 78.5 Å².